The number of hydrogen-bond donors (Lipinski definition) is 1. The third kappa shape index (κ3) is 4.21. The van der Waals surface area contributed by atoms with Gasteiger partial charge in [-0.05, 0) is 43.2 Å². The van der Waals surface area contributed by atoms with Gasteiger partial charge in [0.2, 0.25) is 0 Å². The Balaban J connectivity index is 1.72. The average Bonchev–Trinajstić information content (AvgIpc) is 3.38. The highest BCUT2D eigenvalue weighted by Gasteiger charge is 2.30. The van der Waals surface area contributed by atoms with Gasteiger partial charge in [-0.15, -0.1) is 0 Å². The molecule has 1 saturated heterocycles. The van der Waals surface area contributed by atoms with E-state index in [0.717, 1.165) is 24.6 Å². The molecule has 0 unspecified atom stereocenters. The first-order valence-electron chi connectivity index (χ1n) is 8.54. The zero-order valence-corrected chi connectivity index (χ0v) is 13.9. The summed E-state index contributed by atoms with van der Waals surface area (Å²) in [5.74, 6) is 1.74. The fraction of sp³-hybridized carbons (Fsp3) is 0.667. The Hall–Kier alpha value is -1.64. The maximum absolute atomic E-state index is 9.34. The molecule has 2 heterocycles. The number of nitrogens with one attached hydrogen (secondary N) is 1. The highest BCUT2D eigenvalue weighted by Crippen LogP contribution is 2.30. The predicted octanol–water partition coefficient (Wildman–Crippen LogP) is 3.07. The van der Waals surface area contributed by atoms with E-state index in [1.165, 1.54) is 12.8 Å². The Morgan fingerprint density at radius 2 is 2.22 bits per heavy atom. The molecule has 2 atom stereocenters. The largest absolute Gasteiger partial charge is 0.379 e. The lowest BCUT2D eigenvalue weighted by Gasteiger charge is -2.32. The first-order valence-corrected chi connectivity index (χ1v) is 8.54. The zero-order valence-electron chi connectivity index (χ0n) is 13.9. The Kier molecular flexibility index (Phi) is 5.14. The van der Waals surface area contributed by atoms with Crippen molar-refractivity contribution >= 4 is 5.82 Å². The molecular formula is C18H25N3O2. The smallest absolute Gasteiger partial charge is 0.144 e. The Morgan fingerprint density at radius 1 is 1.39 bits per heavy atom. The molecule has 1 N–H and O–H groups in total. The van der Waals surface area contributed by atoms with Crippen molar-refractivity contribution in [3.8, 4) is 6.07 Å². The van der Waals surface area contributed by atoms with Gasteiger partial charge in [-0.25, -0.2) is 4.98 Å². The van der Waals surface area contributed by atoms with Crippen LogP contribution in [0.15, 0.2) is 12.1 Å². The van der Waals surface area contributed by atoms with Crippen LogP contribution in [0.2, 0.25) is 0 Å². The standard InChI is InChI=1S/C18H25N3O2/c1-12(2)15-6-5-14(9-19)18(20-15)21-16-7-8-22-11-17(16)23-10-13-3-4-13/h5-6,12-13,16-17H,3-4,7-8,10-11H2,1-2H3,(H,20,21)/t16-,17-/m1/s1. The van der Waals surface area contributed by atoms with Gasteiger partial charge in [0.05, 0.1) is 18.2 Å². The third-order valence-corrected chi connectivity index (χ3v) is 4.50. The number of anilines is 1. The van der Waals surface area contributed by atoms with Crippen LogP contribution in [-0.2, 0) is 9.47 Å². The summed E-state index contributed by atoms with van der Waals surface area (Å²) < 4.78 is 11.6. The van der Waals surface area contributed by atoms with Gasteiger partial charge >= 0.3 is 0 Å². The molecule has 1 aliphatic heterocycles. The molecule has 0 amide bonds. The molecule has 1 saturated carbocycles. The summed E-state index contributed by atoms with van der Waals surface area (Å²) in [6, 6.07) is 6.15. The van der Waals surface area contributed by atoms with E-state index in [2.05, 4.69) is 30.2 Å². The minimum absolute atomic E-state index is 0.0281. The summed E-state index contributed by atoms with van der Waals surface area (Å²) >= 11 is 0. The second-order valence-corrected chi connectivity index (χ2v) is 6.83. The van der Waals surface area contributed by atoms with Crippen molar-refractivity contribution in [2.45, 2.75) is 51.2 Å². The molecule has 0 bridgehead atoms. The number of nitriles is 1. The van der Waals surface area contributed by atoms with Gasteiger partial charge in [0.25, 0.3) is 0 Å². The topological polar surface area (TPSA) is 67.2 Å². The molecule has 1 aliphatic carbocycles. The highest BCUT2D eigenvalue weighted by atomic mass is 16.5. The van der Waals surface area contributed by atoms with E-state index in [1.54, 1.807) is 0 Å². The van der Waals surface area contributed by atoms with Crippen LogP contribution in [0.25, 0.3) is 0 Å². The van der Waals surface area contributed by atoms with Gasteiger partial charge in [-0.1, -0.05) is 13.8 Å². The summed E-state index contributed by atoms with van der Waals surface area (Å²) in [4.78, 5) is 4.65. The van der Waals surface area contributed by atoms with Crippen molar-refractivity contribution < 1.29 is 9.47 Å². The SMILES string of the molecule is CC(C)c1ccc(C#N)c(N[C@@H]2CCOC[C@H]2OCC2CC2)n1. The van der Waals surface area contributed by atoms with Crippen LogP contribution in [0.1, 0.15) is 50.3 Å². The molecular weight excluding hydrogens is 290 g/mol. The average molecular weight is 315 g/mol. The molecule has 0 spiro atoms. The van der Waals surface area contributed by atoms with E-state index < -0.39 is 0 Å². The number of pyridine rings is 1. The summed E-state index contributed by atoms with van der Waals surface area (Å²) in [5, 5.41) is 12.8. The van der Waals surface area contributed by atoms with Crippen LogP contribution >= 0.6 is 0 Å². The Morgan fingerprint density at radius 3 is 2.91 bits per heavy atom. The van der Waals surface area contributed by atoms with E-state index in [1.807, 2.05) is 12.1 Å². The van der Waals surface area contributed by atoms with Crippen molar-refractivity contribution in [2.24, 2.45) is 5.92 Å². The van der Waals surface area contributed by atoms with Crippen molar-refractivity contribution in [1.82, 2.24) is 4.98 Å². The first-order chi connectivity index (χ1) is 11.2. The van der Waals surface area contributed by atoms with Gasteiger partial charge in [-0.3, -0.25) is 0 Å². The lowest BCUT2D eigenvalue weighted by Crippen LogP contribution is -2.44. The van der Waals surface area contributed by atoms with Crippen LogP contribution in [-0.4, -0.2) is 37.0 Å². The normalized spacial score (nSPS) is 24.4. The second-order valence-electron chi connectivity index (χ2n) is 6.83. The Bertz CT molecular complexity index is 578. The molecule has 0 aromatic carbocycles. The maximum atomic E-state index is 9.34. The molecule has 5 heteroatoms. The molecule has 0 radical (unpaired) electrons. The van der Waals surface area contributed by atoms with E-state index in [4.69, 9.17) is 9.47 Å². The van der Waals surface area contributed by atoms with E-state index in [9.17, 15) is 5.26 Å². The van der Waals surface area contributed by atoms with Gasteiger partial charge in [0.15, 0.2) is 0 Å². The lowest BCUT2D eigenvalue weighted by atomic mass is 10.0. The molecule has 23 heavy (non-hydrogen) atoms. The van der Waals surface area contributed by atoms with Crippen molar-refractivity contribution in [3.05, 3.63) is 23.4 Å². The van der Waals surface area contributed by atoms with Crippen LogP contribution < -0.4 is 5.32 Å². The summed E-state index contributed by atoms with van der Waals surface area (Å²) in [6.45, 7) is 6.35. The number of rotatable bonds is 6. The van der Waals surface area contributed by atoms with Crippen LogP contribution in [0.3, 0.4) is 0 Å². The van der Waals surface area contributed by atoms with Crippen LogP contribution in [0.4, 0.5) is 5.82 Å². The molecule has 5 nitrogen and oxygen atoms in total. The molecule has 124 valence electrons. The van der Waals surface area contributed by atoms with Gasteiger partial charge < -0.3 is 14.8 Å². The monoisotopic (exact) mass is 315 g/mol. The van der Waals surface area contributed by atoms with Gasteiger partial charge in [-0.2, -0.15) is 5.26 Å². The first kappa shape index (κ1) is 16.2. The summed E-state index contributed by atoms with van der Waals surface area (Å²) in [5.41, 5.74) is 1.58. The maximum Gasteiger partial charge on any atom is 0.144 e. The van der Waals surface area contributed by atoms with Gasteiger partial charge in [0, 0.05) is 18.9 Å². The highest BCUT2D eigenvalue weighted by molar-refractivity contribution is 5.53. The number of nitrogens with zero attached hydrogens (tertiary/aromatic N) is 2. The number of aromatic nitrogens is 1. The summed E-state index contributed by atoms with van der Waals surface area (Å²) in [6.07, 6.45) is 3.46. The van der Waals surface area contributed by atoms with E-state index in [0.29, 0.717) is 30.5 Å². The van der Waals surface area contributed by atoms with E-state index in [-0.39, 0.29) is 12.1 Å². The van der Waals surface area contributed by atoms with Gasteiger partial charge in [0.1, 0.15) is 18.0 Å². The molecule has 2 aliphatic rings. The molecule has 3 rings (SSSR count). The minimum atomic E-state index is 0.0281. The van der Waals surface area contributed by atoms with E-state index >= 15 is 0 Å². The second kappa shape index (κ2) is 7.29. The molecule has 1 aromatic heterocycles. The number of ether oxygens (including phenoxy) is 2. The molecule has 1 aromatic rings. The van der Waals surface area contributed by atoms with Crippen molar-refractivity contribution in [1.29, 1.82) is 5.26 Å². The lowest BCUT2D eigenvalue weighted by molar-refractivity contribution is -0.0598. The van der Waals surface area contributed by atoms with Crippen molar-refractivity contribution in [2.75, 3.05) is 25.1 Å². The molecule has 2 fully saturated rings. The Labute approximate surface area is 138 Å². The fourth-order valence-corrected chi connectivity index (χ4v) is 2.76. The number of hydrogen-bond acceptors (Lipinski definition) is 5. The summed E-state index contributed by atoms with van der Waals surface area (Å²) in [7, 11) is 0. The van der Waals surface area contributed by atoms with Crippen molar-refractivity contribution in [3.63, 3.8) is 0 Å². The van der Waals surface area contributed by atoms with Crippen LogP contribution in [0.5, 0.6) is 0 Å². The quantitative estimate of drug-likeness (QED) is 0.874. The fourth-order valence-electron chi connectivity index (χ4n) is 2.76. The zero-order chi connectivity index (χ0) is 16.2. The minimum Gasteiger partial charge on any atom is -0.379 e. The third-order valence-electron chi connectivity index (χ3n) is 4.50. The van der Waals surface area contributed by atoms with Crippen LogP contribution in [0, 0.1) is 17.2 Å². The predicted molar refractivity (Wildman–Crippen MR) is 88.4 cm³/mol.